The van der Waals surface area contributed by atoms with Crippen molar-refractivity contribution in [3.63, 3.8) is 0 Å². The van der Waals surface area contributed by atoms with E-state index in [1.807, 2.05) is 13.8 Å². The Bertz CT molecular complexity index is 384. The van der Waals surface area contributed by atoms with Crippen molar-refractivity contribution < 1.29 is 9.59 Å². The van der Waals surface area contributed by atoms with Crippen LogP contribution in [0.2, 0.25) is 0 Å². The summed E-state index contributed by atoms with van der Waals surface area (Å²) >= 11 is 0. The van der Waals surface area contributed by atoms with Gasteiger partial charge in [0.25, 0.3) is 5.91 Å². The van der Waals surface area contributed by atoms with Crippen LogP contribution >= 0.6 is 0 Å². The van der Waals surface area contributed by atoms with Crippen molar-refractivity contribution in [3.05, 3.63) is 30.1 Å². The molecule has 0 unspecified atom stereocenters. The van der Waals surface area contributed by atoms with Gasteiger partial charge in [0.1, 0.15) is 0 Å². The van der Waals surface area contributed by atoms with Crippen molar-refractivity contribution in [1.29, 1.82) is 0 Å². The largest absolute Gasteiger partial charge is 0.292 e. The second-order valence-electron chi connectivity index (χ2n) is 4.33. The molecule has 18 heavy (non-hydrogen) atoms. The molecule has 1 aromatic heterocycles. The number of pyridine rings is 1. The lowest BCUT2D eigenvalue weighted by Gasteiger charge is -2.14. The second-order valence-corrected chi connectivity index (χ2v) is 4.33. The fraction of sp³-hybridized carbons (Fsp3) is 0.500. The highest BCUT2D eigenvalue weighted by Gasteiger charge is 2.19. The zero-order chi connectivity index (χ0) is 13.4. The van der Waals surface area contributed by atoms with E-state index in [-0.39, 0.29) is 17.7 Å². The molecule has 0 aliphatic heterocycles. The summed E-state index contributed by atoms with van der Waals surface area (Å²) in [6, 6.07) is 3.32. The highest BCUT2D eigenvalue weighted by Crippen LogP contribution is 2.13. The van der Waals surface area contributed by atoms with Crippen LogP contribution in [0, 0.1) is 5.92 Å². The number of hydrogen-bond acceptors (Lipinski definition) is 3. The molecule has 0 aliphatic carbocycles. The first kappa shape index (κ1) is 14.4. The molecular formula is C14H20N2O2. The number of hydrogen-bond donors (Lipinski definition) is 1. The van der Waals surface area contributed by atoms with Crippen LogP contribution in [-0.4, -0.2) is 16.8 Å². The minimum atomic E-state index is -0.370. The van der Waals surface area contributed by atoms with Crippen LogP contribution in [0.3, 0.4) is 0 Å². The maximum absolute atomic E-state index is 12.0. The molecule has 4 heteroatoms. The monoisotopic (exact) mass is 248 g/mol. The maximum Gasteiger partial charge on any atom is 0.259 e. The molecule has 0 aliphatic rings. The van der Waals surface area contributed by atoms with Gasteiger partial charge in [-0.25, -0.2) is 0 Å². The second kappa shape index (κ2) is 7.58. The van der Waals surface area contributed by atoms with E-state index >= 15 is 0 Å². The standard InChI is InChI=1S/C14H20N2O2/c1-3-6-11(7-4-2)13(17)16-14(18)12-8-5-9-15-10-12/h5,8-11H,3-4,6-7H2,1-2H3,(H,16,17,18). The number of rotatable bonds is 6. The SMILES string of the molecule is CCCC(CCC)C(=O)NC(=O)c1cccnc1. The van der Waals surface area contributed by atoms with E-state index in [2.05, 4.69) is 10.3 Å². The molecule has 0 spiro atoms. The lowest BCUT2D eigenvalue weighted by Crippen LogP contribution is -2.35. The summed E-state index contributed by atoms with van der Waals surface area (Å²) in [6.07, 6.45) is 6.57. The average molecular weight is 248 g/mol. The lowest BCUT2D eigenvalue weighted by atomic mass is 9.97. The Morgan fingerprint density at radius 1 is 1.28 bits per heavy atom. The molecule has 0 fully saturated rings. The highest BCUT2D eigenvalue weighted by molar-refractivity contribution is 6.05. The smallest absolute Gasteiger partial charge is 0.259 e. The van der Waals surface area contributed by atoms with Crippen molar-refractivity contribution in [2.45, 2.75) is 39.5 Å². The van der Waals surface area contributed by atoms with Gasteiger partial charge in [0.2, 0.25) is 5.91 Å². The number of amides is 2. The minimum Gasteiger partial charge on any atom is -0.292 e. The predicted molar refractivity (Wildman–Crippen MR) is 70.0 cm³/mol. The summed E-state index contributed by atoms with van der Waals surface area (Å²) in [6.45, 7) is 4.08. The molecule has 1 N–H and O–H groups in total. The Balaban J connectivity index is 2.60. The third-order valence-electron chi connectivity index (χ3n) is 2.81. The molecule has 0 bridgehead atoms. The third-order valence-corrected chi connectivity index (χ3v) is 2.81. The molecular weight excluding hydrogens is 228 g/mol. The van der Waals surface area contributed by atoms with Gasteiger partial charge >= 0.3 is 0 Å². The predicted octanol–water partition coefficient (Wildman–Crippen LogP) is 2.55. The number of carbonyl (C=O) groups is 2. The van der Waals surface area contributed by atoms with E-state index < -0.39 is 0 Å². The lowest BCUT2D eigenvalue weighted by molar-refractivity contribution is -0.124. The van der Waals surface area contributed by atoms with Gasteiger partial charge in [0.15, 0.2) is 0 Å². The summed E-state index contributed by atoms with van der Waals surface area (Å²) in [7, 11) is 0. The van der Waals surface area contributed by atoms with Crippen LogP contribution in [0.5, 0.6) is 0 Å². The van der Waals surface area contributed by atoms with Crippen molar-refractivity contribution in [2.75, 3.05) is 0 Å². The number of carbonyl (C=O) groups excluding carboxylic acids is 2. The van der Waals surface area contributed by atoms with Crippen LogP contribution in [0.4, 0.5) is 0 Å². The van der Waals surface area contributed by atoms with Crippen LogP contribution in [-0.2, 0) is 4.79 Å². The molecule has 1 aromatic rings. The molecule has 1 heterocycles. The minimum absolute atomic E-state index is 0.0689. The van der Waals surface area contributed by atoms with Gasteiger partial charge in [-0.1, -0.05) is 26.7 Å². The molecule has 0 saturated carbocycles. The summed E-state index contributed by atoms with van der Waals surface area (Å²) in [4.78, 5) is 27.6. The van der Waals surface area contributed by atoms with Gasteiger partial charge < -0.3 is 0 Å². The Hall–Kier alpha value is -1.71. The summed E-state index contributed by atoms with van der Waals surface area (Å²) in [5.74, 6) is -0.613. The molecule has 4 nitrogen and oxygen atoms in total. The van der Waals surface area contributed by atoms with Crippen molar-refractivity contribution in [3.8, 4) is 0 Å². The first-order chi connectivity index (χ1) is 8.69. The van der Waals surface area contributed by atoms with Crippen LogP contribution in [0.1, 0.15) is 49.9 Å². The molecule has 0 aromatic carbocycles. The van der Waals surface area contributed by atoms with E-state index in [4.69, 9.17) is 0 Å². The molecule has 0 saturated heterocycles. The van der Waals surface area contributed by atoms with Crippen molar-refractivity contribution in [1.82, 2.24) is 10.3 Å². The summed E-state index contributed by atoms with van der Waals surface area (Å²) < 4.78 is 0. The fourth-order valence-electron chi connectivity index (χ4n) is 1.89. The number of imide groups is 1. The fourth-order valence-corrected chi connectivity index (χ4v) is 1.89. The molecule has 0 radical (unpaired) electrons. The zero-order valence-electron chi connectivity index (χ0n) is 11.0. The zero-order valence-corrected chi connectivity index (χ0v) is 11.0. The Morgan fingerprint density at radius 3 is 2.44 bits per heavy atom. The van der Waals surface area contributed by atoms with E-state index in [1.165, 1.54) is 6.20 Å². The molecule has 2 amide bonds. The number of aromatic nitrogens is 1. The van der Waals surface area contributed by atoms with Crippen LogP contribution in [0.15, 0.2) is 24.5 Å². The van der Waals surface area contributed by atoms with Crippen molar-refractivity contribution >= 4 is 11.8 Å². The highest BCUT2D eigenvalue weighted by atomic mass is 16.2. The van der Waals surface area contributed by atoms with Crippen molar-refractivity contribution in [2.24, 2.45) is 5.92 Å². The average Bonchev–Trinajstić information content (AvgIpc) is 2.39. The van der Waals surface area contributed by atoms with Gasteiger partial charge in [-0.2, -0.15) is 0 Å². The number of nitrogens with one attached hydrogen (secondary N) is 1. The molecule has 1 rings (SSSR count). The molecule has 0 atom stereocenters. The van der Waals surface area contributed by atoms with E-state index in [1.54, 1.807) is 18.3 Å². The Labute approximate surface area is 108 Å². The van der Waals surface area contributed by atoms with E-state index in [9.17, 15) is 9.59 Å². The first-order valence-electron chi connectivity index (χ1n) is 6.44. The number of nitrogens with zero attached hydrogens (tertiary/aromatic N) is 1. The Morgan fingerprint density at radius 2 is 1.94 bits per heavy atom. The van der Waals surface area contributed by atoms with Crippen LogP contribution in [0.25, 0.3) is 0 Å². The quantitative estimate of drug-likeness (QED) is 0.841. The van der Waals surface area contributed by atoms with Gasteiger partial charge in [-0.3, -0.25) is 19.9 Å². The van der Waals surface area contributed by atoms with Gasteiger partial charge in [-0.05, 0) is 25.0 Å². The topological polar surface area (TPSA) is 59.1 Å². The van der Waals surface area contributed by atoms with Crippen LogP contribution < -0.4 is 5.32 Å². The van der Waals surface area contributed by atoms with Gasteiger partial charge in [-0.15, -0.1) is 0 Å². The third kappa shape index (κ3) is 4.28. The summed E-state index contributed by atoms with van der Waals surface area (Å²) in [5.41, 5.74) is 0.414. The van der Waals surface area contributed by atoms with Gasteiger partial charge in [0, 0.05) is 18.3 Å². The maximum atomic E-state index is 12.0. The summed E-state index contributed by atoms with van der Waals surface area (Å²) in [5, 5.41) is 2.45. The van der Waals surface area contributed by atoms with Gasteiger partial charge in [0.05, 0.1) is 5.56 Å². The normalized spacial score (nSPS) is 10.4. The molecule has 98 valence electrons. The first-order valence-corrected chi connectivity index (χ1v) is 6.44. The Kier molecular flexibility index (Phi) is 6.05. The van der Waals surface area contributed by atoms with E-state index in [0.717, 1.165) is 25.7 Å². The van der Waals surface area contributed by atoms with E-state index in [0.29, 0.717) is 5.56 Å².